The number of rotatable bonds is 7. The van der Waals surface area contributed by atoms with Crippen molar-refractivity contribution >= 4 is 28.7 Å². The van der Waals surface area contributed by atoms with Crippen molar-refractivity contribution in [1.82, 2.24) is 10.3 Å². The molecule has 21 nitrogen and oxygen atoms in total. The van der Waals surface area contributed by atoms with Gasteiger partial charge in [-0.2, -0.15) is 0 Å². The number of para-hydroxylation sites is 1. The Balaban J connectivity index is 1.38. The Bertz CT molecular complexity index is 2470. The van der Waals surface area contributed by atoms with E-state index in [1.54, 1.807) is 80.8 Å². The van der Waals surface area contributed by atoms with Crippen LogP contribution in [0.1, 0.15) is 84.6 Å². The standard InChI is InChI=1S/C59H85N3O18/c1-34-20-16-14-12-10-8-6-7-9-11-13-15-17-21-42(79-58-55(72)52(54(71)37(4)78-58)62-56(73)44(60)26-38-33-61-45-23-19-18-22-43(38)45)30-49-51(57(74)76-5)48(68)32-59(75,80-49)31-41(65)28-47(67)46(66)25-24-39(63)27-40(64)29-50(69)77-36(3)35(2)53(34)70/h6-23,33-37,39-42,44,46-49,51-55,58,61,63-68,70-72,75H,24-32,60H2,1-5H3,(H,62,73)/t34-,35-,36-,37+,39+,40+,41-,42-,44+,46+,47+,48-,49-,51+,52-,53+,54+,55-,58-,59+/m0/s1. The number of carbonyl (C=O) groups is 3. The number of amides is 1. The second-order valence-electron chi connectivity index (χ2n) is 21.4. The molecule has 2 fully saturated rings. The molecule has 21 heteroatoms. The summed E-state index contributed by atoms with van der Waals surface area (Å²) in [6.45, 7) is 6.73. The Hall–Kier alpha value is -5.21. The first kappa shape index (κ1) is 65.6. The van der Waals surface area contributed by atoms with Gasteiger partial charge in [-0.1, -0.05) is 117 Å². The zero-order valence-electron chi connectivity index (χ0n) is 46.1. The number of aliphatic hydroxyl groups excluding tert-OH is 9. The molecule has 2 aromatic rings. The lowest BCUT2D eigenvalue weighted by Gasteiger charge is -2.46. The van der Waals surface area contributed by atoms with Crippen LogP contribution in [0.25, 0.3) is 10.9 Å². The molecule has 20 atom stereocenters. The number of hydrogen-bond acceptors (Lipinski definition) is 19. The molecule has 3 aliphatic heterocycles. The lowest BCUT2D eigenvalue weighted by molar-refractivity contribution is -0.309. The van der Waals surface area contributed by atoms with E-state index in [9.17, 15) is 65.4 Å². The minimum absolute atomic E-state index is 0.119. The quantitative estimate of drug-likeness (QED) is 0.176. The third-order valence-electron chi connectivity index (χ3n) is 14.9. The number of ether oxygens (including phenoxy) is 5. The fraction of sp³-hybridized carbons (Fsp3) is 0.576. The van der Waals surface area contributed by atoms with Crippen molar-refractivity contribution in [2.24, 2.45) is 23.5 Å². The van der Waals surface area contributed by atoms with Gasteiger partial charge in [0.2, 0.25) is 5.91 Å². The molecular weight excluding hydrogens is 1040 g/mol. The highest BCUT2D eigenvalue weighted by Crippen LogP contribution is 2.39. The first-order chi connectivity index (χ1) is 38.0. The van der Waals surface area contributed by atoms with Crippen molar-refractivity contribution in [3.8, 4) is 0 Å². The largest absolute Gasteiger partial charge is 0.469 e. The Morgan fingerprint density at radius 1 is 0.738 bits per heavy atom. The first-order valence-electron chi connectivity index (χ1n) is 27.4. The molecule has 2 saturated heterocycles. The maximum atomic E-state index is 13.6. The van der Waals surface area contributed by atoms with E-state index in [1.807, 2.05) is 49.4 Å². The van der Waals surface area contributed by atoms with Crippen LogP contribution in [0.4, 0.5) is 0 Å². The van der Waals surface area contributed by atoms with Crippen molar-refractivity contribution < 1.29 is 89.1 Å². The first-order valence-corrected chi connectivity index (χ1v) is 27.4. The fourth-order valence-corrected chi connectivity index (χ4v) is 10.1. The van der Waals surface area contributed by atoms with Gasteiger partial charge in [0.1, 0.15) is 24.2 Å². The predicted molar refractivity (Wildman–Crippen MR) is 295 cm³/mol. The molecule has 1 aromatic heterocycles. The molecule has 1 aromatic carbocycles. The maximum Gasteiger partial charge on any atom is 0.313 e. The van der Waals surface area contributed by atoms with Gasteiger partial charge in [-0.15, -0.1) is 0 Å². The molecule has 0 unspecified atom stereocenters. The van der Waals surface area contributed by atoms with E-state index in [-0.39, 0.29) is 38.0 Å². The van der Waals surface area contributed by atoms with Crippen LogP contribution in [-0.4, -0.2) is 185 Å². The summed E-state index contributed by atoms with van der Waals surface area (Å²) in [7, 11) is 1.10. The summed E-state index contributed by atoms with van der Waals surface area (Å²) in [5.41, 5.74) is 8.02. The van der Waals surface area contributed by atoms with Gasteiger partial charge in [-0.3, -0.25) is 14.4 Å². The zero-order valence-corrected chi connectivity index (χ0v) is 46.1. The van der Waals surface area contributed by atoms with E-state index in [0.717, 1.165) is 23.6 Å². The smallest absolute Gasteiger partial charge is 0.313 e. The van der Waals surface area contributed by atoms with Crippen LogP contribution in [-0.2, 0) is 44.5 Å². The summed E-state index contributed by atoms with van der Waals surface area (Å²) < 4.78 is 29.0. The molecule has 3 aliphatic rings. The third kappa shape index (κ3) is 19.8. The summed E-state index contributed by atoms with van der Waals surface area (Å²) in [5, 5.41) is 115. The maximum absolute atomic E-state index is 13.6. The van der Waals surface area contributed by atoms with Gasteiger partial charge in [-0.25, -0.2) is 0 Å². The van der Waals surface area contributed by atoms with Crippen molar-refractivity contribution in [3.05, 3.63) is 121 Å². The number of aromatic amines is 1. The number of H-pyrrole nitrogens is 1. The van der Waals surface area contributed by atoms with Crippen molar-refractivity contribution in [1.29, 1.82) is 0 Å². The molecule has 5 rings (SSSR count). The number of aliphatic hydroxyl groups is 10. The highest BCUT2D eigenvalue weighted by molar-refractivity contribution is 5.86. The topological polar surface area (TPSA) is 354 Å². The molecule has 1 amide bonds. The minimum atomic E-state index is -2.34. The van der Waals surface area contributed by atoms with E-state index >= 15 is 0 Å². The second kappa shape index (κ2) is 31.9. The fourth-order valence-electron chi connectivity index (χ4n) is 10.1. The highest BCUT2D eigenvalue weighted by atomic mass is 16.7. The summed E-state index contributed by atoms with van der Waals surface area (Å²) in [6.07, 6.45) is 4.57. The highest BCUT2D eigenvalue weighted by Gasteiger charge is 2.52. The number of esters is 2. The Labute approximate surface area is 467 Å². The molecule has 0 aliphatic carbocycles. The second-order valence-corrected chi connectivity index (χ2v) is 21.4. The van der Waals surface area contributed by atoms with Crippen LogP contribution in [0.3, 0.4) is 0 Å². The van der Waals surface area contributed by atoms with E-state index in [4.69, 9.17) is 29.4 Å². The van der Waals surface area contributed by atoms with Gasteiger partial charge in [-0.05, 0) is 51.2 Å². The molecule has 0 spiro atoms. The van der Waals surface area contributed by atoms with E-state index in [1.165, 1.54) is 13.0 Å². The lowest BCUT2D eigenvalue weighted by Crippen LogP contribution is -2.65. The number of hydrogen-bond donors (Lipinski definition) is 13. The molecule has 80 heavy (non-hydrogen) atoms. The molecular formula is C59H85N3O18. The summed E-state index contributed by atoms with van der Waals surface area (Å²) in [6, 6.07) is 5.07. The van der Waals surface area contributed by atoms with Crippen LogP contribution < -0.4 is 11.1 Å². The molecule has 14 N–H and O–H groups in total. The minimum Gasteiger partial charge on any atom is -0.469 e. The van der Waals surface area contributed by atoms with Gasteiger partial charge in [0.25, 0.3) is 0 Å². The molecule has 444 valence electrons. The third-order valence-corrected chi connectivity index (χ3v) is 14.9. The number of benzene rings is 1. The lowest BCUT2D eigenvalue weighted by atomic mass is 9.82. The number of methoxy groups -OCH3 is 1. The number of aromatic nitrogens is 1. The van der Waals surface area contributed by atoms with Crippen molar-refractivity contribution in [2.45, 2.75) is 189 Å². The van der Waals surface area contributed by atoms with Gasteiger partial charge in [0.05, 0.1) is 86.7 Å². The monoisotopic (exact) mass is 1120 g/mol. The normalized spacial score (nSPS) is 36.7. The number of nitrogens with two attached hydrogens (primary N) is 1. The van der Waals surface area contributed by atoms with Gasteiger partial charge >= 0.3 is 11.9 Å². The average Bonchev–Trinajstić information content (AvgIpc) is 3.86. The summed E-state index contributed by atoms with van der Waals surface area (Å²) >= 11 is 0. The van der Waals surface area contributed by atoms with Crippen molar-refractivity contribution in [3.63, 3.8) is 0 Å². The van der Waals surface area contributed by atoms with E-state index < -0.39 is 159 Å². The number of cyclic esters (lactones) is 1. The van der Waals surface area contributed by atoms with Gasteiger partial charge in [0, 0.05) is 54.6 Å². The number of nitrogens with one attached hydrogen (secondary N) is 2. The Morgan fingerprint density at radius 3 is 2.01 bits per heavy atom. The van der Waals surface area contributed by atoms with Gasteiger partial charge in [0.15, 0.2) is 12.1 Å². The molecule has 2 bridgehead atoms. The van der Waals surface area contributed by atoms with Crippen LogP contribution in [0.5, 0.6) is 0 Å². The van der Waals surface area contributed by atoms with E-state index in [0.29, 0.717) is 0 Å². The van der Waals surface area contributed by atoms with Crippen LogP contribution in [0.15, 0.2) is 116 Å². The van der Waals surface area contributed by atoms with Gasteiger partial charge < -0.3 is 90.8 Å². The van der Waals surface area contributed by atoms with Crippen LogP contribution in [0, 0.1) is 17.8 Å². The van der Waals surface area contributed by atoms with Crippen molar-refractivity contribution in [2.75, 3.05) is 7.11 Å². The van der Waals surface area contributed by atoms with Crippen LogP contribution >= 0.6 is 0 Å². The molecule has 0 saturated carbocycles. The number of fused-ring (bicyclic) bond motifs is 3. The SMILES string of the molecule is COC(=O)[C@H]1[C@@H]2C[C@@H](O[C@@H]3O[C@H](C)[C@@H](O)[C@H](NC(=O)[C@H](N)Cc4c[nH]c5ccccc45)[C@@H]3O)C=CC=CC=CC=CC=CC=CC=C[C@H](C)[C@@H](O)[C@@H](C)[C@H](C)OC(=O)C[C@H](O)C[C@H](O)CC[C@@H](O)[C@H](O)C[C@H](O)C[C@](O)(C[C@@H]1O)O2. The number of carbonyl (C=O) groups excluding carboxylic acids is 3. The molecule has 4 heterocycles. The predicted octanol–water partition coefficient (Wildman–Crippen LogP) is 2.01. The average molecular weight is 1120 g/mol. The Morgan fingerprint density at radius 2 is 1.36 bits per heavy atom. The zero-order chi connectivity index (χ0) is 58.7. The summed E-state index contributed by atoms with van der Waals surface area (Å²) in [4.78, 5) is 42.8. The molecule has 0 radical (unpaired) electrons. The van der Waals surface area contributed by atoms with E-state index in [2.05, 4.69) is 10.3 Å². The number of allylic oxidation sites excluding steroid dienone is 12. The summed E-state index contributed by atoms with van der Waals surface area (Å²) in [5.74, 6) is -6.84. The van der Waals surface area contributed by atoms with Crippen LogP contribution in [0.2, 0.25) is 0 Å². The Kier molecular flexibility index (Phi) is 26.1.